The van der Waals surface area contributed by atoms with Crippen molar-refractivity contribution in [2.75, 3.05) is 44.2 Å². The zero-order chi connectivity index (χ0) is 20.1. The quantitative estimate of drug-likeness (QED) is 0.621. The predicted molar refractivity (Wildman–Crippen MR) is 118 cm³/mol. The highest BCUT2D eigenvalue weighted by molar-refractivity contribution is 5.96. The third kappa shape index (κ3) is 5.32. The third-order valence-electron chi connectivity index (χ3n) is 6.89. The highest BCUT2D eigenvalue weighted by Crippen LogP contribution is 2.30. The van der Waals surface area contributed by atoms with Gasteiger partial charge in [0.25, 0.3) is 0 Å². The van der Waals surface area contributed by atoms with Gasteiger partial charge in [0, 0.05) is 37.3 Å². The second kappa shape index (κ2) is 9.94. The number of hydrogen-bond acceptors (Lipinski definition) is 4. The number of carbonyl (C=O) groups excluding carboxylic acids is 1. The molecule has 1 unspecified atom stereocenters. The molecule has 5 heteroatoms. The highest BCUT2D eigenvalue weighted by atomic mass is 16.5. The molecule has 0 saturated carbocycles. The van der Waals surface area contributed by atoms with E-state index in [0.29, 0.717) is 12.5 Å². The van der Waals surface area contributed by atoms with Gasteiger partial charge in [0.05, 0.1) is 12.6 Å². The SMILES string of the molecule is CC1CCCN1CCCOc1cccc(N2C(=O)CC[C@H]2CN2CCCCC2)c1. The second-order valence-electron chi connectivity index (χ2n) is 9.04. The molecule has 3 aliphatic rings. The van der Waals surface area contributed by atoms with Crippen LogP contribution in [0, 0.1) is 0 Å². The van der Waals surface area contributed by atoms with E-state index in [1.165, 1.54) is 51.7 Å². The van der Waals surface area contributed by atoms with Crippen LogP contribution in [0.5, 0.6) is 5.75 Å². The first-order valence-corrected chi connectivity index (χ1v) is 11.7. The summed E-state index contributed by atoms with van der Waals surface area (Å²) in [7, 11) is 0. The molecule has 1 aromatic carbocycles. The fourth-order valence-corrected chi connectivity index (χ4v) is 5.22. The van der Waals surface area contributed by atoms with Crippen LogP contribution in [0.4, 0.5) is 5.69 Å². The molecule has 0 spiro atoms. The molecule has 0 bridgehead atoms. The van der Waals surface area contributed by atoms with Gasteiger partial charge in [-0.1, -0.05) is 12.5 Å². The molecule has 0 N–H and O–H groups in total. The van der Waals surface area contributed by atoms with Crippen molar-refractivity contribution in [1.82, 2.24) is 9.80 Å². The fraction of sp³-hybridized carbons (Fsp3) is 0.708. The van der Waals surface area contributed by atoms with Crippen molar-refractivity contribution in [2.24, 2.45) is 0 Å². The maximum atomic E-state index is 12.6. The largest absolute Gasteiger partial charge is 0.493 e. The summed E-state index contributed by atoms with van der Waals surface area (Å²) in [6.45, 7) is 8.76. The molecule has 160 valence electrons. The maximum absolute atomic E-state index is 12.6. The first kappa shape index (κ1) is 20.7. The summed E-state index contributed by atoms with van der Waals surface area (Å²) in [6, 6.07) is 9.18. The van der Waals surface area contributed by atoms with Gasteiger partial charge < -0.3 is 19.4 Å². The Hall–Kier alpha value is -1.59. The molecule has 29 heavy (non-hydrogen) atoms. The Morgan fingerprint density at radius 3 is 2.72 bits per heavy atom. The summed E-state index contributed by atoms with van der Waals surface area (Å²) in [5, 5.41) is 0. The third-order valence-corrected chi connectivity index (χ3v) is 6.89. The number of anilines is 1. The van der Waals surface area contributed by atoms with Crippen LogP contribution in [0.2, 0.25) is 0 Å². The molecule has 3 saturated heterocycles. The Kier molecular flexibility index (Phi) is 7.09. The van der Waals surface area contributed by atoms with Gasteiger partial charge in [-0.05, 0) is 77.2 Å². The summed E-state index contributed by atoms with van der Waals surface area (Å²) >= 11 is 0. The summed E-state index contributed by atoms with van der Waals surface area (Å²) in [6.07, 6.45) is 9.26. The van der Waals surface area contributed by atoms with E-state index in [1.807, 2.05) is 17.0 Å². The van der Waals surface area contributed by atoms with Crippen molar-refractivity contribution in [3.8, 4) is 5.75 Å². The Morgan fingerprint density at radius 1 is 1.07 bits per heavy atom. The Bertz CT molecular complexity index is 674. The Morgan fingerprint density at radius 2 is 1.93 bits per heavy atom. The molecular formula is C24H37N3O2. The first-order valence-electron chi connectivity index (χ1n) is 11.7. The van der Waals surface area contributed by atoms with Gasteiger partial charge in [-0.2, -0.15) is 0 Å². The lowest BCUT2D eigenvalue weighted by Crippen LogP contribution is -2.43. The Labute approximate surface area is 176 Å². The maximum Gasteiger partial charge on any atom is 0.227 e. The average Bonchev–Trinajstić information content (AvgIpc) is 3.31. The molecule has 3 aliphatic heterocycles. The minimum atomic E-state index is 0.257. The van der Waals surface area contributed by atoms with Crippen molar-refractivity contribution in [3.05, 3.63) is 24.3 Å². The summed E-state index contributed by atoms with van der Waals surface area (Å²) in [4.78, 5) is 19.8. The van der Waals surface area contributed by atoms with Crippen LogP contribution in [0.25, 0.3) is 0 Å². The van der Waals surface area contributed by atoms with Crippen LogP contribution in [0.15, 0.2) is 24.3 Å². The van der Waals surface area contributed by atoms with Crippen LogP contribution >= 0.6 is 0 Å². The lowest BCUT2D eigenvalue weighted by atomic mass is 10.1. The van der Waals surface area contributed by atoms with Crippen molar-refractivity contribution >= 4 is 11.6 Å². The van der Waals surface area contributed by atoms with E-state index in [-0.39, 0.29) is 5.91 Å². The van der Waals surface area contributed by atoms with Crippen molar-refractivity contribution in [2.45, 2.75) is 70.4 Å². The molecular weight excluding hydrogens is 362 g/mol. The summed E-state index contributed by atoms with van der Waals surface area (Å²) in [5.41, 5.74) is 1.00. The van der Waals surface area contributed by atoms with Crippen LogP contribution in [0.1, 0.15) is 58.3 Å². The summed E-state index contributed by atoms with van der Waals surface area (Å²) < 4.78 is 6.05. The highest BCUT2D eigenvalue weighted by Gasteiger charge is 2.33. The molecule has 1 amide bonds. The van der Waals surface area contributed by atoms with Crippen LogP contribution in [-0.4, -0.2) is 67.1 Å². The lowest BCUT2D eigenvalue weighted by Gasteiger charge is -2.33. The topological polar surface area (TPSA) is 36.0 Å². The van der Waals surface area contributed by atoms with Crippen molar-refractivity contribution < 1.29 is 9.53 Å². The van der Waals surface area contributed by atoms with E-state index in [4.69, 9.17) is 4.74 Å². The van der Waals surface area contributed by atoms with E-state index in [2.05, 4.69) is 28.9 Å². The van der Waals surface area contributed by atoms with E-state index >= 15 is 0 Å². The zero-order valence-electron chi connectivity index (χ0n) is 18.0. The molecule has 3 heterocycles. The van der Waals surface area contributed by atoms with Gasteiger partial charge in [-0.15, -0.1) is 0 Å². The standard InChI is InChI=1S/C24H37N3O2/c1-20-8-6-15-26(20)16-7-17-29-23-10-5-9-21(18-23)27-22(11-12-24(27)28)19-25-13-3-2-4-14-25/h5,9-10,18,20,22H,2-4,6-8,11-17,19H2,1H3/t20?,22-/m0/s1. The van der Waals surface area contributed by atoms with E-state index in [1.54, 1.807) is 0 Å². The number of rotatable bonds is 8. The average molecular weight is 400 g/mol. The molecule has 2 atom stereocenters. The van der Waals surface area contributed by atoms with Gasteiger partial charge in [0.15, 0.2) is 0 Å². The smallest absolute Gasteiger partial charge is 0.227 e. The number of nitrogens with zero attached hydrogens (tertiary/aromatic N) is 3. The van der Waals surface area contributed by atoms with Gasteiger partial charge in [-0.25, -0.2) is 0 Å². The van der Waals surface area contributed by atoms with Crippen molar-refractivity contribution in [3.63, 3.8) is 0 Å². The number of benzene rings is 1. The molecule has 0 aliphatic carbocycles. The molecule has 0 aromatic heterocycles. The molecule has 5 nitrogen and oxygen atoms in total. The minimum absolute atomic E-state index is 0.257. The van der Waals surface area contributed by atoms with Crippen LogP contribution < -0.4 is 9.64 Å². The normalized spacial score (nSPS) is 26.4. The monoisotopic (exact) mass is 399 g/mol. The number of likely N-dealkylation sites (tertiary alicyclic amines) is 2. The van der Waals surface area contributed by atoms with Crippen molar-refractivity contribution in [1.29, 1.82) is 0 Å². The number of amides is 1. The van der Waals surface area contributed by atoms with Gasteiger partial charge in [0.2, 0.25) is 5.91 Å². The number of piperidine rings is 1. The molecule has 0 radical (unpaired) electrons. The minimum Gasteiger partial charge on any atom is -0.493 e. The van der Waals surface area contributed by atoms with Crippen LogP contribution in [-0.2, 0) is 4.79 Å². The fourth-order valence-electron chi connectivity index (χ4n) is 5.22. The molecule has 3 fully saturated rings. The predicted octanol–water partition coefficient (Wildman–Crippen LogP) is 3.92. The number of hydrogen-bond donors (Lipinski definition) is 0. The summed E-state index contributed by atoms with van der Waals surface area (Å²) in [5.74, 6) is 1.14. The Balaban J connectivity index is 1.31. The van der Waals surface area contributed by atoms with Gasteiger partial charge >= 0.3 is 0 Å². The van der Waals surface area contributed by atoms with E-state index in [9.17, 15) is 4.79 Å². The zero-order valence-corrected chi connectivity index (χ0v) is 18.0. The molecule has 1 aromatic rings. The van der Waals surface area contributed by atoms with E-state index < -0.39 is 0 Å². The second-order valence-corrected chi connectivity index (χ2v) is 9.04. The van der Waals surface area contributed by atoms with E-state index in [0.717, 1.165) is 50.0 Å². The van der Waals surface area contributed by atoms with Gasteiger partial charge in [0.1, 0.15) is 5.75 Å². The lowest BCUT2D eigenvalue weighted by molar-refractivity contribution is -0.117. The number of carbonyl (C=O) groups is 1. The van der Waals surface area contributed by atoms with Gasteiger partial charge in [-0.3, -0.25) is 4.79 Å². The first-order chi connectivity index (χ1) is 14.2. The number of ether oxygens (including phenoxy) is 1. The van der Waals surface area contributed by atoms with Crippen LogP contribution in [0.3, 0.4) is 0 Å². The molecule has 4 rings (SSSR count).